The predicted octanol–water partition coefficient (Wildman–Crippen LogP) is 2.84. The van der Waals surface area contributed by atoms with Crippen LogP contribution >= 0.6 is 0 Å². The lowest BCUT2D eigenvalue weighted by Crippen LogP contribution is -2.33. The molecule has 1 N–H and O–H groups in total. The summed E-state index contributed by atoms with van der Waals surface area (Å²) in [5.41, 5.74) is 3.15. The van der Waals surface area contributed by atoms with Crippen LogP contribution in [-0.2, 0) is 15.0 Å². The first-order chi connectivity index (χ1) is 9.16. The summed E-state index contributed by atoms with van der Waals surface area (Å²) in [5, 5.41) is 2.91. The SMILES string of the molecule is Cc1cc(NC(=O)C(C)C)cc2c1N(C)C(=O)C2(C)C. The Labute approximate surface area is 120 Å². The van der Waals surface area contributed by atoms with E-state index in [9.17, 15) is 9.59 Å². The van der Waals surface area contributed by atoms with E-state index in [0.717, 1.165) is 22.5 Å². The highest BCUT2D eigenvalue weighted by Crippen LogP contribution is 2.44. The molecule has 1 aliphatic heterocycles. The molecule has 0 radical (unpaired) electrons. The van der Waals surface area contributed by atoms with Crippen molar-refractivity contribution in [2.24, 2.45) is 5.92 Å². The van der Waals surface area contributed by atoms with Crippen LogP contribution in [0.2, 0.25) is 0 Å². The van der Waals surface area contributed by atoms with E-state index in [1.54, 1.807) is 11.9 Å². The van der Waals surface area contributed by atoms with Gasteiger partial charge in [0.05, 0.1) is 11.1 Å². The Balaban J connectivity index is 2.49. The van der Waals surface area contributed by atoms with Gasteiger partial charge in [0, 0.05) is 18.7 Å². The molecule has 2 rings (SSSR count). The number of hydrogen-bond donors (Lipinski definition) is 1. The van der Waals surface area contributed by atoms with Gasteiger partial charge in [-0.15, -0.1) is 0 Å². The third-order valence-electron chi connectivity index (χ3n) is 3.94. The normalized spacial score (nSPS) is 16.6. The molecule has 2 amide bonds. The van der Waals surface area contributed by atoms with Gasteiger partial charge >= 0.3 is 0 Å². The second-order valence-corrected chi connectivity index (χ2v) is 6.32. The lowest BCUT2D eigenvalue weighted by molar-refractivity contribution is -0.121. The molecule has 1 aromatic rings. The number of hydrogen-bond acceptors (Lipinski definition) is 2. The van der Waals surface area contributed by atoms with Crippen LogP contribution < -0.4 is 10.2 Å². The van der Waals surface area contributed by atoms with Crippen molar-refractivity contribution < 1.29 is 9.59 Å². The largest absolute Gasteiger partial charge is 0.326 e. The molecule has 1 heterocycles. The molecule has 1 aliphatic rings. The van der Waals surface area contributed by atoms with E-state index in [1.165, 1.54) is 0 Å². The summed E-state index contributed by atoms with van der Waals surface area (Å²) >= 11 is 0. The third-order valence-corrected chi connectivity index (χ3v) is 3.94. The Morgan fingerprint density at radius 2 is 1.90 bits per heavy atom. The molecule has 0 aromatic heterocycles. The minimum Gasteiger partial charge on any atom is -0.326 e. The van der Waals surface area contributed by atoms with E-state index >= 15 is 0 Å². The van der Waals surface area contributed by atoms with Gasteiger partial charge in [0.2, 0.25) is 11.8 Å². The Bertz CT molecular complexity index is 588. The predicted molar refractivity (Wildman–Crippen MR) is 81.1 cm³/mol. The van der Waals surface area contributed by atoms with Crippen molar-refractivity contribution in [2.45, 2.75) is 40.0 Å². The number of aryl methyl sites for hydroxylation is 1. The van der Waals surface area contributed by atoms with Gasteiger partial charge in [0.1, 0.15) is 0 Å². The summed E-state index contributed by atoms with van der Waals surface area (Å²) in [4.78, 5) is 25.8. The fourth-order valence-electron chi connectivity index (χ4n) is 2.70. The van der Waals surface area contributed by atoms with Crippen molar-refractivity contribution in [3.8, 4) is 0 Å². The summed E-state index contributed by atoms with van der Waals surface area (Å²) in [6.07, 6.45) is 0. The highest BCUT2D eigenvalue weighted by Gasteiger charge is 2.43. The summed E-state index contributed by atoms with van der Waals surface area (Å²) in [7, 11) is 1.80. The molecule has 0 fully saturated rings. The van der Waals surface area contributed by atoms with Crippen LogP contribution in [0.15, 0.2) is 12.1 Å². The van der Waals surface area contributed by atoms with Gasteiger partial charge in [0.15, 0.2) is 0 Å². The van der Waals surface area contributed by atoms with Crippen LogP contribution in [0.1, 0.15) is 38.8 Å². The molecule has 4 nitrogen and oxygen atoms in total. The topological polar surface area (TPSA) is 49.4 Å². The number of nitrogens with zero attached hydrogens (tertiary/aromatic N) is 1. The van der Waals surface area contributed by atoms with Gasteiger partial charge < -0.3 is 10.2 Å². The summed E-state index contributed by atoms with van der Waals surface area (Å²) in [6, 6.07) is 3.84. The number of likely N-dealkylation sites (N-methyl/N-ethyl adjacent to an activating group) is 1. The highest BCUT2D eigenvalue weighted by molar-refractivity contribution is 6.08. The van der Waals surface area contributed by atoms with Gasteiger partial charge in [-0.25, -0.2) is 0 Å². The van der Waals surface area contributed by atoms with E-state index in [0.29, 0.717) is 0 Å². The molecule has 0 aliphatic carbocycles. The van der Waals surface area contributed by atoms with Crippen molar-refractivity contribution in [2.75, 3.05) is 17.3 Å². The average Bonchev–Trinajstić information content (AvgIpc) is 2.51. The molecular formula is C16H22N2O2. The molecule has 0 saturated carbocycles. The average molecular weight is 274 g/mol. The van der Waals surface area contributed by atoms with Crippen LogP contribution in [0.25, 0.3) is 0 Å². The fourth-order valence-corrected chi connectivity index (χ4v) is 2.70. The maximum absolute atomic E-state index is 12.3. The van der Waals surface area contributed by atoms with Gasteiger partial charge in [0.25, 0.3) is 0 Å². The lowest BCUT2D eigenvalue weighted by atomic mass is 9.85. The van der Waals surface area contributed by atoms with E-state index in [2.05, 4.69) is 5.32 Å². The standard InChI is InChI=1S/C16H22N2O2/c1-9(2)14(19)17-11-7-10(3)13-12(8-11)16(4,5)15(20)18(13)6/h7-9H,1-6H3,(H,17,19). The number of carbonyl (C=O) groups is 2. The van der Waals surface area contributed by atoms with Crippen LogP contribution in [-0.4, -0.2) is 18.9 Å². The quantitative estimate of drug-likeness (QED) is 0.901. The van der Waals surface area contributed by atoms with Gasteiger partial charge in [-0.05, 0) is 44.0 Å². The van der Waals surface area contributed by atoms with Crippen LogP contribution in [0, 0.1) is 12.8 Å². The number of benzene rings is 1. The van der Waals surface area contributed by atoms with E-state index in [-0.39, 0.29) is 17.7 Å². The second kappa shape index (κ2) is 4.62. The smallest absolute Gasteiger partial charge is 0.236 e. The molecule has 0 atom stereocenters. The molecule has 0 spiro atoms. The second-order valence-electron chi connectivity index (χ2n) is 6.32. The summed E-state index contributed by atoms with van der Waals surface area (Å²) in [6.45, 7) is 9.53. The molecular weight excluding hydrogens is 252 g/mol. The van der Waals surface area contributed by atoms with Crippen LogP contribution in [0.4, 0.5) is 11.4 Å². The number of amides is 2. The molecule has 0 saturated heterocycles. The number of fused-ring (bicyclic) bond motifs is 1. The van der Waals surface area contributed by atoms with Crippen molar-refractivity contribution >= 4 is 23.2 Å². The molecule has 108 valence electrons. The molecule has 0 bridgehead atoms. The number of nitrogens with one attached hydrogen (secondary N) is 1. The summed E-state index contributed by atoms with van der Waals surface area (Å²) < 4.78 is 0. The zero-order valence-corrected chi connectivity index (χ0v) is 13.0. The Kier molecular flexibility index (Phi) is 3.36. The van der Waals surface area contributed by atoms with Gasteiger partial charge in [-0.3, -0.25) is 9.59 Å². The summed E-state index contributed by atoms with van der Waals surface area (Å²) in [5.74, 6) is 0.00338. The minimum atomic E-state index is -0.548. The Morgan fingerprint density at radius 1 is 1.30 bits per heavy atom. The Morgan fingerprint density at radius 3 is 2.45 bits per heavy atom. The maximum Gasteiger partial charge on any atom is 0.236 e. The molecule has 4 heteroatoms. The van der Waals surface area contributed by atoms with Crippen LogP contribution in [0.5, 0.6) is 0 Å². The fraction of sp³-hybridized carbons (Fsp3) is 0.500. The maximum atomic E-state index is 12.3. The van der Waals surface area contributed by atoms with Gasteiger partial charge in [-0.1, -0.05) is 13.8 Å². The number of rotatable bonds is 2. The zero-order chi connectivity index (χ0) is 15.2. The van der Waals surface area contributed by atoms with Crippen molar-refractivity contribution in [3.05, 3.63) is 23.3 Å². The monoisotopic (exact) mass is 274 g/mol. The van der Waals surface area contributed by atoms with Crippen molar-refractivity contribution in [1.29, 1.82) is 0 Å². The van der Waals surface area contributed by atoms with E-state index in [4.69, 9.17) is 0 Å². The first-order valence-electron chi connectivity index (χ1n) is 6.90. The van der Waals surface area contributed by atoms with E-state index < -0.39 is 5.41 Å². The molecule has 20 heavy (non-hydrogen) atoms. The number of anilines is 2. The number of carbonyl (C=O) groups excluding carboxylic acids is 2. The minimum absolute atomic E-state index is 0.0140. The molecule has 1 aromatic carbocycles. The Hall–Kier alpha value is -1.84. The van der Waals surface area contributed by atoms with Crippen molar-refractivity contribution in [1.82, 2.24) is 0 Å². The van der Waals surface area contributed by atoms with Crippen molar-refractivity contribution in [3.63, 3.8) is 0 Å². The lowest BCUT2D eigenvalue weighted by Gasteiger charge is -2.17. The highest BCUT2D eigenvalue weighted by atomic mass is 16.2. The van der Waals surface area contributed by atoms with Crippen LogP contribution in [0.3, 0.4) is 0 Å². The van der Waals surface area contributed by atoms with E-state index in [1.807, 2.05) is 46.8 Å². The zero-order valence-electron chi connectivity index (χ0n) is 13.0. The first-order valence-corrected chi connectivity index (χ1v) is 6.90. The first kappa shape index (κ1) is 14.6. The van der Waals surface area contributed by atoms with Gasteiger partial charge in [-0.2, -0.15) is 0 Å². The third kappa shape index (κ3) is 2.09. The molecule has 0 unspecified atom stereocenters.